The molecule has 5 heterocycles. The van der Waals surface area contributed by atoms with Crippen molar-refractivity contribution in [2.24, 2.45) is 17.1 Å². The molecule has 3 aliphatic heterocycles. The summed E-state index contributed by atoms with van der Waals surface area (Å²) in [5.74, 6) is 2.94. The molecule has 1 fully saturated rings. The highest BCUT2D eigenvalue weighted by atomic mass is 35.5. The highest BCUT2D eigenvalue weighted by Gasteiger charge is 2.31. The Labute approximate surface area is 400 Å². The van der Waals surface area contributed by atoms with Crippen molar-refractivity contribution < 1.29 is 23.2 Å². The summed E-state index contributed by atoms with van der Waals surface area (Å²) in [6.07, 6.45) is 4.29. The first-order valence-corrected chi connectivity index (χ1v) is 23.3. The summed E-state index contributed by atoms with van der Waals surface area (Å²) >= 11 is 0. The molecule has 6 aromatic rings. The second-order valence-electron chi connectivity index (χ2n) is 19.1. The number of fused-ring (bicyclic) bond motifs is 6. The molecule has 9 rings (SSSR count). The minimum Gasteiger partial charge on any atom is -0.441 e. The molecule has 3 aliphatic rings. The Bertz CT molecular complexity index is 2740. The van der Waals surface area contributed by atoms with Crippen molar-refractivity contribution in [1.29, 1.82) is 0 Å². The molecule has 0 saturated carbocycles. The van der Waals surface area contributed by atoms with Gasteiger partial charge in [0.1, 0.15) is 0 Å². The number of nitrogens with one attached hydrogen (secondary N) is 1. The van der Waals surface area contributed by atoms with Gasteiger partial charge in [-0.15, -0.1) is 12.4 Å². The van der Waals surface area contributed by atoms with E-state index in [2.05, 4.69) is 41.0 Å². The van der Waals surface area contributed by atoms with E-state index < -0.39 is 0 Å². The molecule has 2 aromatic heterocycles. The minimum absolute atomic E-state index is 0. The Kier molecular flexibility index (Phi) is 15.2. The molecular formula is C54H64ClN7O5. The lowest BCUT2D eigenvalue weighted by molar-refractivity contribution is -0.126. The molecule has 0 spiro atoms. The minimum atomic E-state index is -0.0498. The molecule has 3 N–H and O–H groups in total. The summed E-state index contributed by atoms with van der Waals surface area (Å²) < 4.78 is 11.7. The number of aryl methyl sites for hydroxylation is 4. The number of anilines is 2. The SMILES string of the molecule is Cc1nc2c(o1)-c1ccccc1N(C(=O)c1ccc(CN)c(C)c1)CC2.Cc1nc2c(o1)-c1ccccc1N(C(=O)c1ccc(CNC(=O)C3CCN(CCC(C)(C)C)CC3)c(C)c1)CC2.Cl. The maximum atomic E-state index is 13.7. The van der Waals surface area contributed by atoms with Crippen LogP contribution in [0.4, 0.5) is 11.4 Å². The van der Waals surface area contributed by atoms with Crippen LogP contribution in [0.15, 0.2) is 93.8 Å². The maximum absolute atomic E-state index is 13.7. The van der Waals surface area contributed by atoms with Crippen LogP contribution >= 0.6 is 12.4 Å². The molecule has 4 aromatic carbocycles. The number of likely N-dealkylation sites (tertiary alicyclic amines) is 1. The summed E-state index contributed by atoms with van der Waals surface area (Å²) in [6.45, 7) is 19.6. The number of nitrogens with two attached hydrogens (primary N) is 1. The number of para-hydroxylation sites is 2. The van der Waals surface area contributed by atoms with Crippen molar-refractivity contribution in [3.05, 3.63) is 141 Å². The van der Waals surface area contributed by atoms with E-state index >= 15 is 0 Å². The number of hydrogen-bond donors (Lipinski definition) is 2. The fourth-order valence-corrected chi connectivity index (χ4v) is 9.24. The second-order valence-corrected chi connectivity index (χ2v) is 19.1. The van der Waals surface area contributed by atoms with Gasteiger partial charge in [-0.2, -0.15) is 0 Å². The number of aromatic nitrogens is 2. The van der Waals surface area contributed by atoms with Gasteiger partial charge in [0.25, 0.3) is 11.8 Å². The summed E-state index contributed by atoms with van der Waals surface area (Å²) in [4.78, 5) is 55.1. The van der Waals surface area contributed by atoms with Gasteiger partial charge < -0.3 is 34.6 Å². The van der Waals surface area contributed by atoms with Crippen LogP contribution in [-0.4, -0.2) is 65.3 Å². The lowest BCUT2D eigenvalue weighted by Gasteiger charge is -2.33. The number of halogens is 1. The number of piperidine rings is 1. The van der Waals surface area contributed by atoms with Gasteiger partial charge >= 0.3 is 0 Å². The third kappa shape index (κ3) is 11.0. The van der Waals surface area contributed by atoms with E-state index in [0.717, 1.165) is 100 Å². The van der Waals surface area contributed by atoms with Crippen molar-refractivity contribution in [3.8, 4) is 22.6 Å². The van der Waals surface area contributed by atoms with E-state index in [0.29, 0.717) is 67.3 Å². The van der Waals surface area contributed by atoms with Crippen molar-refractivity contribution in [2.75, 3.05) is 42.5 Å². The van der Waals surface area contributed by atoms with Gasteiger partial charge in [-0.3, -0.25) is 14.4 Å². The van der Waals surface area contributed by atoms with Crippen LogP contribution < -0.4 is 20.9 Å². The van der Waals surface area contributed by atoms with Crippen LogP contribution in [0.25, 0.3) is 22.6 Å². The average Bonchev–Trinajstić information content (AvgIpc) is 3.79. The lowest BCUT2D eigenvalue weighted by atomic mass is 9.90. The largest absolute Gasteiger partial charge is 0.441 e. The topological polar surface area (TPSA) is 151 Å². The number of benzene rings is 4. The molecule has 0 radical (unpaired) electrons. The van der Waals surface area contributed by atoms with Gasteiger partial charge in [0, 0.05) is 81.0 Å². The first kappa shape index (κ1) is 48.8. The molecule has 352 valence electrons. The predicted molar refractivity (Wildman–Crippen MR) is 267 cm³/mol. The first-order valence-electron chi connectivity index (χ1n) is 23.3. The van der Waals surface area contributed by atoms with Crippen LogP contribution in [0, 0.1) is 39.0 Å². The highest BCUT2D eigenvalue weighted by molar-refractivity contribution is 6.09. The predicted octanol–water partition coefficient (Wildman–Crippen LogP) is 9.97. The Morgan fingerprint density at radius 1 is 0.687 bits per heavy atom. The monoisotopic (exact) mass is 925 g/mol. The molecule has 13 heteroatoms. The van der Waals surface area contributed by atoms with Crippen LogP contribution in [0.2, 0.25) is 0 Å². The molecule has 3 amide bonds. The molecule has 1 saturated heterocycles. The fourth-order valence-electron chi connectivity index (χ4n) is 9.24. The number of nitrogens with zero attached hydrogens (tertiary/aromatic N) is 5. The van der Waals surface area contributed by atoms with Gasteiger partial charge in [0.05, 0.1) is 22.8 Å². The summed E-state index contributed by atoms with van der Waals surface area (Å²) in [6, 6.07) is 27.2. The van der Waals surface area contributed by atoms with E-state index in [1.54, 1.807) is 0 Å². The highest BCUT2D eigenvalue weighted by Crippen LogP contribution is 2.39. The van der Waals surface area contributed by atoms with Crippen LogP contribution in [-0.2, 0) is 30.7 Å². The van der Waals surface area contributed by atoms with Crippen LogP contribution in [0.5, 0.6) is 0 Å². The number of amides is 3. The number of rotatable bonds is 8. The van der Waals surface area contributed by atoms with Crippen molar-refractivity contribution in [3.63, 3.8) is 0 Å². The average molecular weight is 927 g/mol. The second kappa shape index (κ2) is 20.8. The van der Waals surface area contributed by atoms with Gasteiger partial charge in [-0.05, 0) is 129 Å². The molecule has 0 aliphatic carbocycles. The van der Waals surface area contributed by atoms with E-state index in [9.17, 15) is 14.4 Å². The maximum Gasteiger partial charge on any atom is 0.258 e. The molecule has 0 unspecified atom stereocenters. The third-order valence-corrected chi connectivity index (χ3v) is 13.1. The Balaban J connectivity index is 0.000000213. The fraction of sp³-hybridized carbons (Fsp3) is 0.389. The van der Waals surface area contributed by atoms with Crippen molar-refractivity contribution >= 4 is 41.5 Å². The van der Waals surface area contributed by atoms with Gasteiger partial charge in [0.15, 0.2) is 23.3 Å². The van der Waals surface area contributed by atoms with Gasteiger partial charge in [-0.25, -0.2) is 9.97 Å². The van der Waals surface area contributed by atoms with E-state index in [-0.39, 0.29) is 36.0 Å². The molecule has 0 bridgehead atoms. The lowest BCUT2D eigenvalue weighted by Crippen LogP contribution is -2.41. The zero-order valence-corrected chi connectivity index (χ0v) is 40.7. The van der Waals surface area contributed by atoms with E-state index in [4.69, 9.17) is 14.6 Å². The number of carbonyl (C=O) groups is 3. The van der Waals surface area contributed by atoms with Crippen LogP contribution in [0.1, 0.15) is 106 Å². The zero-order chi connectivity index (χ0) is 46.7. The van der Waals surface area contributed by atoms with Gasteiger partial charge in [0.2, 0.25) is 5.91 Å². The molecule has 12 nitrogen and oxygen atoms in total. The number of oxazole rings is 2. The summed E-state index contributed by atoms with van der Waals surface area (Å²) in [7, 11) is 0. The molecule has 0 atom stereocenters. The van der Waals surface area contributed by atoms with E-state index in [1.807, 2.05) is 122 Å². The Morgan fingerprint density at radius 2 is 1.16 bits per heavy atom. The van der Waals surface area contributed by atoms with Crippen LogP contribution in [0.3, 0.4) is 0 Å². The quantitative estimate of drug-likeness (QED) is 0.152. The summed E-state index contributed by atoms with van der Waals surface area (Å²) in [5, 5.41) is 3.16. The number of carbonyl (C=O) groups excluding carboxylic acids is 3. The normalized spacial score (nSPS) is 14.8. The smallest absolute Gasteiger partial charge is 0.258 e. The summed E-state index contributed by atoms with van der Waals surface area (Å²) in [5.41, 5.74) is 16.8. The number of hydrogen-bond acceptors (Lipinski definition) is 9. The van der Waals surface area contributed by atoms with Crippen molar-refractivity contribution in [2.45, 2.75) is 93.7 Å². The Morgan fingerprint density at radius 3 is 1.63 bits per heavy atom. The third-order valence-electron chi connectivity index (χ3n) is 13.1. The van der Waals surface area contributed by atoms with Gasteiger partial charge in [-0.1, -0.05) is 57.2 Å². The zero-order valence-electron chi connectivity index (χ0n) is 39.9. The van der Waals surface area contributed by atoms with Crippen molar-refractivity contribution in [1.82, 2.24) is 20.2 Å². The Hall–Kier alpha value is -6.08. The molecule has 67 heavy (non-hydrogen) atoms. The first-order chi connectivity index (χ1) is 31.7. The van der Waals surface area contributed by atoms with E-state index in [1.165, 1.54) is 6.42 Å². The standard InChI is InChI=1S/C33H42N4O3.C21H21N3O2.ClH/c1-22-20-25(32(39)37-18-14-28-30(40-23(2)35-28)27-8-6-7-9-29(27)37)10-11-26(22)21-34-31(38)24-12-16-36(17-13-24)19-15-33(3,4)5;1-13-11-15(7-8-16(13)12-22)21(25)24-10-9-18-20(26-14(2)23-18)17-5-3-4-6-19(17)24;/h6-11,20,24H,12-19,21H2,1-5H3,(H,34,38);3-8,11H,9-10,12,22H2,1-2H3;1H. The molecular weight excluding hydrogens is 862 g/mol.